The minimum atomic E-state index is -0.424. The fraction of sp³-hybridized carbons (Fsp3) is 0.167. The van der Waals surface area contributed by atoms with Gasteiger partial charge in [0, 0.05) is 11.8 Å². The minimum Gasteiger partial charge on any atom is -0.467 e. The van der Waals surface area contributed by atoms with E-state index < -0.39 is 5.97 Å². The van der Waals surface area contributed by atoms with E-state index in [1.807, 2.05) is 31.2 Å². The average molecular weight is 338 g/mol. The molecule has 2 heterocycles. The van der Waals surface area contributed by atoms with Crippen molar-refractivity contribution in [3.05, 3.63) is 65.7 Å². The summed E-state index contributed by atoms with van der Waals surface area (Å²) in [5.74, 6) is 1.42. The molecule has 3 aromatic rings. The van der Waals surface area contributed by atoms with E-state index in [4.69, 9.17) is 9.15 Å². The number of anilines is 3. The van der Waals surface area contributed by atoms with E-state index in [9.17, 15) is 4.79 Å². The van der Waals surface area contributed by atoms with Crippen LogP contribution in [0.1, 0.15) is 21.8 Å². The standard InChI is InChI=1S/C18H18N4O3/c1-12-10-16(19-11-13-6-5-9-25-13)22-18(20-12)21-15-8-4-3-7-14(15)17(23)24-2/h3-10H,11H2,1-2H3,(H2,19,20,21,22). The molecule has 25 heavy (non-hydrogen) atoms. The van der Waals surface area contributed by atoms with E-state index in [0.717, 1.165) is 11.5 Å². The van der Waals surface area contributed by atoms with Gasteiger partial charge in [-0.05, 0) is 31.2 Å². The average Bonchev–Trinajstić information content (AvgIpc) is 3.13. The first kappa shape index (κ1) is 16.5. The van der Waals surface area contributed by atoms with Gasteiger partial charge >= 0.3 is 5.97 Å². The Bertz CT molecular complexity index is 863. The number of methoxy groups -OCH3 is 1. The molecule has 128 valence electrons. The molecule has 7 nitrogen and oxygen atoms in total. The number of rotatable bonds is 6. The molecule has 0 aliphatic carbocycles. The van der Waals surface area contributed by atoms with Crippen molar-refractivity contribution < 1.29 is 13.9 Å². The molecule has 7 heteroatoms. The smallest absolute Gasteiger partial charge is 0.339 e. The van der Waals surface area contributed by atoms with Crippen LogP contribution in [0.5, 0.6) is 0 Å². The monoisotopic (exact) mass is 338 g/mol. The molecule has 0 amide bonds. The zero-order chi connectivity index (χ0) is 17.6. The van der Waals surface area contributed by atoms with Crippen molar-refractivity contribution in [3.8, 4) is 0 Å². The zero-order valence-electron chi connectivity index (χ0n) is 13.9. The first-order chi connectivity index (χ1) is 12.2. The van der Waals surface area contributed by atoms with Crippen LogP contribution in [0, 0.1) is 6.92 Å². The molecule has 1 aromatic carbocycles. The third-order valence-electron chi connectivity index (χ3n) is 3.46. The van der Waals surface area contributed by atoms with Crippen molar-refractivity contribution in [1.29, 1.82) is 0 Å². The molecule has 2 N–H and O–H groups in total. The Morgan fingerprint density at radius 1 is 1.20 bits per heavy atom. The number of carbonyl (C=O) groups is 1. The van der Waals surface area contributed by atoms with Gasteiger partial charge in [0.1, 0.15) is 11.6 Å². The van der Waals surface area contributed by atoms with Gasteiger partial charge in [0.05, 0.1) is 31.2 Å². The molecule has 0 fully saturated rings. The van der Waals surface area contributed by atoms with Gasteiger partial charge in [0.2, 0.25) is 5.95 Å². The van der Waals surface area contributed by atoms with Gasteiger partial charge in [0.25, 0.3) is 0 Å². The summed E-state index contributed by atoms with van der Waals surface area (Å²) < 4.78 is 10.1. The number of furan rings is 1. The normalized spacial score (nSPS) is 10.3. The van der Waals surface area contributed by atoms with Crippen molar-refractivity contribution >= 4 is 23.4 Å². The number of nitrogens with zero attached hydrogens (tertiary/aromatic N) is 2. The van der Waals surface area contributed by atoms with Gasteiger partial charge in [-0.15, -0.1) is 0 Å². The lowest BCUT2D eigenvalue weighted by molar-refractivity contribution is 0.0602. The number of esters is 1. The summed E-state index contributed by atoms with van der Waals surface area (Å²) in [4.78, 5) is 20.7. The number of ether oxygens (including phenoxy) is 1. The van der Waals surface area contributed by atoms with Crippen LogP contribution in [-0.4, -0.2) is 23.0 Å². The third-order valence-corrected chi connectivity index (χ3v) is 3.46. The number of hydrogen-bond acceptors (Lipinski definition) is 7. The second kappa shape index (κ2) is 7.48. The Hall–Kier alpha value is -3.35. The van der Waals surface area contributed by atoms with Gasteiger partial charge in [0.15, 0.2) is 0 Å². The summed E-state index contributed by atoms with van der Waals surface area (Å²) in [6.07, 6.45) is 1.62. The molecule has 0 bridgehead atoms. The summed E-state index contributed by atoms with van der Waals surface area (Å²) >= 11 is 0. The Morgan fingerprint density at radius 3 is 2.80 bits per heavy atom. The van der Waals surface area contributed by atoms with Gasteiger partial charge in [-0.3, -0.25) is 0 Å². The number of carbonyl (C=O) groups excluding carboxylic acids is 1. The number of benzene rings is 1. The summed E-state index contributed by atoms with van der Waals surface area (Å²) in [5.41, 5.74) is 1.78. The second-order valence-corrected chi connectivity index (χ2v) is 5.31. The van der Waals surface area contributed by atoms with Crippen molar-refractivity contribution in [2.24, 2.45) is 0 Å². The summed E-state index contributed by atoms with van der Waals surface area (Å²) in [5, 5.41) is 6.26. The Morgan fingerprint density at radius 2 is 2.04 bits per heavy atom. The maximum absolute atomic E-state index is 11.9. The minimum absolute atomic E-state index is 0.387. The third kappa shape index (κ3) is 4.14. The van der Waals surface area contributed by atoms with E-state index in [-0.39, 0.29) is 0 Å². The largest absolute Gasteiger partial charge is 0.467 e. The Labute approximate surface area is 145 Å². The fourth-order valence-electron chi connectivity index (χ4n) is 2.31. The van der Waals surface area contributed by atoms with Crippen LogP contribution in [0.25, 0.3) is 0 Å². The number of aryl methyl sites for hydroxylation is 1. The molecular formula is C18H18N4O3. The van der Waals surface area contributed by atoms with Crippen molar-refractivity contribution in [2.75, 3.05) is 17.7 Å². The van der Waals surface area contributed by atoms with Gasteiger partial charge in [-0.1, -0.05) is 12.1 Å². The van der Waals surface area contributed by atoms with Crippen molar-refractivity contribution in [3.63, 3.8) is 0 Å². The van der Waals surface area contributed by atoms with E-state index in [1.165, 1.54) is 7.11 Å². The molecule has 0 atom stereocenters. The van der Waals surface area contributed by atoms with E-state index in [2.05, 4.69) is 20.6 Å². The first-order valence-corrected chi connectivity index (χ1v) is 7.72. The quantitative estimate of drug-likeness (QED) is 0.665. The van der Waals surface area contributed by atoms with E-state index in [1.54, 1.807) is 24.5 Å². The molecule has 0 spiro atoms. The number of para-hydroxylation sites is 1. The second-order valence-electron chi connectivity index (χ2n) is 5.31. The SMILES string of the molecule is COC(=O)c1ccccc1Nc1nc(C)cc(NCc2ccco2)n1. The van der Waals surface area contributed by atoms with Gasteiger partial charge in [-0.2, -0.15) is 4.98 Å². The number of nitrogens with one attached hydrogen (secondary N) is 2. The van der Waals surface area contributed by atoms with Crippen LogP contribution >= 0.6 is 0 Å². The highest BCUT2D eigenvalue weighted by molar-refractivity contribution is 5.96. The summed E-state index contributed by atoms with van der Waals surface area (Å²) in [6, 6.07) is 12.6. The zero-order valence-corrected chi connectivity index (χ0v) is 13.9. The van der Waals surface area contributed by atoms with Crippen LogP contribution in [0.15, 0.2) is 53.1 Å². The topological polar surface area (TPSA) is 89.3 Å². The lowest BCUT2D eigenvalue weighted by atomic mass is 10.2. The van der Waals surface area contributed by atoms with Crippen LogP contribution in [0.2, 0.25) is 0 Å². The molecule has 0 saturated heterocycles. The van der Waals surface area contributed by atoms with Crippen LogP contribution < -0.4 is 10.6 Å². The molecule has 0 saturated carbocycles. The van der Waals surface area contributed by atoms with E-state index >= 15 is 0 Å². The molecule has 3 rings (SSSR count). The van der Waals surface area contributed by atoms with Crippen molar-refractivity contribution in [2.45, 2.75) is 13.5 Å². The fourth-order valence-corrected chi connectivity index (χ4v) is 2.31. The lowest BCUT2D eigenvalue weighted by Crippen LogP contribution is -2.08. The molecule has 2 aromatic heterocycles. The van der Waals surface area contributed by atoms with E-state index in [0.29, 0.717) is 29.6 Å². The van der Waals surface area contributed by atoms with Crippen LogP contribution in [-0.2, 0) is 11.3 Å². The maximum Gasteiger partial charge on any atom is 0.339 e. The van der Waals surface area contributed by atoms with Crippen LogP contribution in [0.4, 0.5) is 17.5 Å². The Kier molecular flexibility index (Phi) is 4.94. The van der Waals surface area contributed by atoms with Gasteiger partial charge in [-0.25, -0.2) is 9.78 Å². The molecule has 0 aliphatic heterocycles. The predicted octanol–water partition coefficient (Wildman–Crippen LogP) is 3.52. The summed E-state index contributed by atoms with van der Waals surface area (Å²) in [7, 11) is 1.35. The highest BCUT2D eigenvalue weighted by atomic mass is 16.5. The number of aromatic nitrogens is 2. The first-order valence-electron chi connectivity index (χ1n) is 7.72. The highest BCUT2D eigenvalue weighted by Crippen LogP contribution is 2.21. The highest BCUT2D eigenvalue weighted by Gasteiger charge is 2.12. The molecule has 0 unspecified atom stereocenters. The molecular weight excluding hydrogens is 320 g/mol. The van der Waals surface area contributed by atoms with Crippen LogP contribution in [0.3, 0.4) is 0 Å². The lowest BCUT2D eigenvalue weighted by Gasteiger charge is -2.11. The Balaban J connectivity index is 1.80. The maximum atomic E-state index is 11.9. The number of hydrogen-bond donors (Lipinski definition) is 2. The van der Waals surface area contributed by atoms with Crippen molar-refractivity contribution in [1.82, 2.24) is 9.97 Å². The molecule has 0 radical (unpaired) electrons. The predicted molar refractivity (Wildman–Crippen MR) is 93.9 cm³/mol. The van der Waals surface area contributed by atoms with Gasteiger partial charge < -0.3 is 19.8 Å². The molecule has 0 aliphatic rings. The summed E-state index contributed by atoms with van der Waals surface area (Å²) in [6.45, 7) is 2.39.